The summed E-state index contributed by atoms with van der Waals surface area (Å²) < 4.78 is 5.24. The van der Waals surface area contributed by atoms with Crippen LogP contribution in [0.3, 0.4) is 0 Å². The Morgan fingerprint density at radius 2 is 1.55 bits per heavy atom. The lowest BCUT2D eigenvalue weighted by Gasteiger charge is -2.30. The summed E-state index contributed by atoms with van der Waals surface area (Å²) in [5.41, 5.74) is 2.41. The molecule has 0 spiro atoms. The smallest absolute Gasteiger partial charge is 0.412 e. The highest BCUT2D eigenvalue weighted by atomic mass is 16.6. The summed E-state index contributed by atoms with van der Waals surface area (Å²) in [6.45, 7) is 7.45. The largest absolute Gasteiger partial charge is 0.444 e. The van der Waals surface area contributed by atoms with E-state index in [-0.39, 0.29) is 5.91 Å². The minimum Gasteiger partial charge on any atom is -0.444 e. The maximum absolute atomic E-state index is 12.7. The Morgan fingerprint density at radius 1 is 0.897 bits per heavy atom. The van der Waals surface area contributed by atoms with Gasteiger partial charge >= 0.3 is 6.09 Å². The molecule has 0 aliphatic carbocycles. The number of para-hydroxylation sites is 2. The molecule has 1 heterocycles. The van der Waals surface area contributed by atoms with Crippen LogP contribution in [0.2, 0.25) is 0 Å². The highest BCUT2D eigenvalue weighted by Gasteiger charge is 2.17. The molecule has 2 N–H and O–H groups in total. The fourth-order valence-electron chi connectivity index (χ4n) is 3.31. The van der Waals surface area contributed by atoms with Crippen LogP contribution in [0.25, 0.3) is 0 Å². The lowest BCUT2D eigenvalue weighted by molar-refractivity contribution is 0.0636. The fourth-order valence-corrected chi connectivity index (χ4v) is 3.31. The van der Waals surface area contributed by atoms with Crippen LogP contribution in [0.15, 0.2) is 48.5 Å². The van der Waals surface area contributed by atoms with Gasteiger partial charge in [0, 0.05) is 24.3 Å². The van der Waals surface area contributed by atoms with Gasteiger partial charge in [0.1, 0.15) is 5.60 Å². The van der Waals surface area contributed by atoms with Crippen LogP contribution >= 0.6 is 0 Å². The summed E-state index contributed by atoms with van der Waals surface area (Å²) in [6, 6.07) is 14.7. The number of nitrogens with zero attached hydrogens (tertiary/aromatic N) is 1. The van der Waals surface area contributed by atoms with E-state index in [1.807, 2.05) is 39.0 Å². The van der Waals surface area contributed by atoms with E-state index in [2.05, 4.69) is 21.6 Å². The van der Waals surface area contributed by atoms with Gasteiger partial charge in [-0.15, -0.1) is 0 Å². The first kappa shape index (κ1) is 20.7. The number of benzene rings is 2. The van der Waals surface area contributed by atoms with Gasteiger partial charge < -0.3 is 15.0 Å². The van der Waals surface area contributed by atoms with Crippen LogP contribution in [0.5, 0.6) is 0 Å². The molecule has 1 aliphatic rings. The molecule has 6 nitrogen and oxygen atoms in total. The second-order valence-corrected chi connectivity index (χ2v) is 8.22. The van der Waals surface area contributed by atoms with Crippen molar-refractivity contribution in [2.75, 3.05) is 28.6 Å². The van der Waals surface area contributed by atoms with Crippen LogP contribution in [0, 0.1) is 0 Å². The SMILES string of the molecule is CC(C)(C)OC(=O)Nc1ccc(C(=O)Nc2ccccc2N2CCCCC2)cc1. The van der Waals surface area contributed by atoms with Gasteiger partial charge in [-0.1, -0.05) is 12.1 Å². The summed E-state index contributed by atoms with van der Waals surface area (Å²) in [7, 11) is 0. The van der Waals surface area contributed by atoms with Crippen LogP contribution in [0.4, 0.5) is 21.9 Å². The molecular formula is C23H29N3O3. The number of ether oxygens (including phenoxy) is 1. The molecule has 29 heavy (non-hydrogen) atoms. The molecular weight excluding hydrogens is 366 g/mol. The van der Waals surface area contributed by atoms with Gasteiger partial charge in [-0.05, 0) is 76.4 Å². The summed E-state index contributed by atoms with van der Waals surface area (Å²) >= 11 is 0. The number of carbonyl (C=O) groups excluding carboxylic acids is 2. The van der Waals surface area contributed by atoms with E-state index >= 15 is 0 Å². The highest BCUT2D eigenvalue weighted by molar-refractivity contribution is 6.06. The second-order valence-electron chi connectivity index (χ2n) is 8.22. The number of carbonyl (C=O) groups is 2. The fraction of sp³-hybridized carbons (Fsp3) is 0.391. The Labute approximate surface area is 172 Å². The monoisotopic (exact) mass is 395 g/mol. The molecule has 2 aromatic carbocycles. The molecule has 0 atom stereocenters. The van der Waals surface area contributed by atoms with Crippen molar-refractivity contribution in [3.63, 3.8) is 0 Å². The van der Waals surface area contributed by atoms with Gasteiger partial charge in [0.05, 0.1) is 11.4 Å². The molecule has 6 heteroatoms. The first-order valence-corrected chi connectivity index (χ1v) is 10.1. The van der Waals surface area contributed by atoms with Gasteiger partial charge in [0.15, 0.2) is 0 Å². The zero-order valence-electron chi connectivity index (χ0n) is 17.3. The minimum atomic E-state index is -0.564. The van der Waals surface area contributed by atoms with E-state index in [0.29, 0.717) is 11.3 Å². The van der Waals surface area contributed by atoms with Crippen molar-refractivity contribution < 1.29 is 14.3 Å². The predicted molar refractivity (Wildman–Crippen MR) is 117 cm³/mol. The number of amides is 2. The van der Waals surface area contributed by atoms with Crippen LogP contribution in [0.1, 0.15) is 50.4 Å². The first-order valence-electron chi connectivity index (χ1n) is 10.1. The molecule has 1 fully saturated rings. The summed E-state index contributed by atoms with van der Waals surface area (Å²) in [6.07, 6.45) is 3.09. The first-order chi connectivity index (χ1) is 13.8. The maximum Gasteiger partial charge on any atom is 0.412 e. The third-order valence-electron chi connectivity index (χ3n) is 4.64. The molecule has 3 rings (SSSR count). The van der Waals surface area contributed by atoms with Gasteiger partial charge in [0.25, 0.3) is 5.91 Å². The Balaban J connectivity index is 1.65. The molecule has 1 saturated heterocycles. The molecule has 2 amide bonds. The van der Waals surface area contributed by atoms with Crippen molar-refractivity contribution in [3.05, 3.63) is 54.1 Å². The van der Waals surface area contributed by atoms with E-state index in [9.17, 15) is 9.59 Å². The highest BCUT2D eigenvalue weighted by Crippen LogP contribution is 2.28. The Kier molecular flexibility index (Phi) is 6.42. The molecule has 2 aromatic rings. The molecule has 154 valence electrons. The van der Waals surface area contributed by atoms with E-state index in [4.69, 9.17) is 4.74 Å². The topological polar surface area (TPSA) is 70.7 Å². The molecule has 0 aromatic heterocycles. The van der Waals surface area contributed by atoms with Crippen molar-refractivity contribution in [2.24, 2.45) is 0 Å². The van der Waals surface area contributed by atoms with E-state index in [1.54, 1.807) is 24.3 Å². The maximum atomic E-state index is 12.7. The molecule has 0 saturated carbocycles. The van der Waals surface area contributed by atoms with Crippen LogP contribution in [-0.2, 0) is 4.74 Å². The average molecular weight is 396 g/mol. The van der Waals surface area contributed by atoms with Crippen molar-refractivity contribution in [1.29, 1.82) is 0 Å². The Bertz CT molecular complexity index is 850. The predicted octanol–water partition coefficient (Wildman–Crippen LogP) is 5.28. The molecule has 0 unspecified atom stereocenters. The number of hydrogen-bond donors (Lipinski definition) is 2. The average Bonchev–Trinajstić information content (AvgIpc) is 2.68. The Morgan fingerprint density at radius 3 is 2.21 bits per heavy atom. The van der Waals surface area contributed by atoms with E-state index in [0.717, 1.165) is 24.5 Å². The second kappa shape index (κ2) is 8.99. The molecule has 1 aliphatic heterocycles. The molecule has 0 radical (unpaired) electrons. The van der Waals surface area contributed by atoms with Crippen molar-refractivity contribution in [1.82, 2.24) is 0 Å². The summed E-state index contributed by atoms with van der Waals surface area (Å²) in [5, 5.41) is 5.69. The van der Waals surface area contributed by atoms with Crippen LogP contribution < -0.4 is 15.5 Å². The number of nitrogens with one attached hydrogen (secondary N) is 2. The zero-order chi connectivity index (χ0) is 20.9. The molecule has 0 bridgehead atoms. The van der Waals surface area contributed by atoms with Gasteiger partial charge in [-0.2, -0.15) is 0 Å². The van der Waals surface area contributed by atoms with Crippen molar-refractivity contribution >= 4 is 29.1 Å². The number of piperidine rings is 1. The standard InChI is InChI=1S/C23H29N3O3/c1-23(2,3)29-22(28)24-18-13-11-17(12-14-18)21(27)25-19-9-5-6-10-20(19)26-15-7-4-8-16-26/h5-6,9-14H,4,7-8,15-16H2,1-3H3,(H,24,28)(H,25,27). The van der Waals surface area contributed by atoms with Gasteiger partial charge in [0.2, 0.25) is 0 Å². The summed E-state index contributed by atoms with van der Waals surface area (Å²) in [5.74, 6) is -0.182. The number of hydrogen-bond acceptors (Lipinski definition) is 4. The quantitative estimate of drug-likeness (QED) is 0.739. The minimum absolute atomic E-state index is 0.182. The van der Waals surface area contributed by atoms with E-state index < -0.39 is 11.7 Å². The third-order valence-corrected chi connectivity index (χ3v) is 4.64. The van der Waals surface area contributed by atoms with Crippen LogP contribution in [-0.4, -0.2) is 30.7 Å². The van der Waals surface area contributed by atoms with Gasteiger partial charge in [-0.25, -0.2) is 4.79 Å². The van der Waals surface area contributed by atoms with Gasteiger partial charge in [-0.3, -0.25) is 10.1 Å². The number of anilines is 3. The zero-order valence-corrected chi connectivity index (χ0v) is 17.3. The third kappa shape index (κ3) is 5.98. The summed E-state index contributed by atoms with van der Waals surface area (Å²) in [4.78, 5) is 26.9. The van der Waals surface area contributed by atoms with E-state index in [1.165, 1.54) is 19.3 Å². The lowest BCUT2D eigenvalue weighted by atomic mass is 10.1. The van der Waals surface area contributed by atoms with Crippen molar-refractivity contribution in [2.45, 2.75) is 45.6 Å². The number of rotatable bonds is 4. The normalized spacial score (nSPS) is 14.2. The van der Waals surface area contributed by atoms with Crippen molar-refractivity contribution in [3.8, 4) is 0 Å². The Hall–Kier alpha value is -3.02. The lowest BCUT2D eigenvalue weighted by Crippen LogP contribution is -2.30.